The molecule has 0 unspecified atom stereocenters. The molecule has 0 bridgehead atoms. The van der Waals surface area contributed by atoms with Gasteiger partial charge in [-0.1, -0.05) is 51.0 Å². The van der Waals surface area contributed by atoms with Gasteiger partial charge in [0, 0.05) is 11.3 Å². The molecule has 35 heavy (non-hydrogen) atoms. The highest BCUT2D eigenvalue weighted by Crippen LogP contribution is 2.33. The van der Waals surface area contributed by atoms with Crippen LogP contribution in [0.4, 0.5) is 0 Å². The van der Waals surface area contributed by atoms with Crippen molar-refractivity contribution in [3.63, 3.8) is 0 Å². The van der Waals surface area contributed by atoms with Gasteiger partial charge in [0.15, 0.2) is 0 Å². The summed E-state index contributed by atoms with van der Waals surface area (Å²) in [5, 5.41) is 0. The van der Waals surface area contributed by atoms with Gasteiger partial charge in [-0.2, -0.15) is 0 Å². The van der Waals surface area contributed by atoms with E-state index < -0.39 is 0 Å². The Hall–Kier alpha value is -2.23. The van der Waals surface area contributed by atoms with Crippen molar-refractivity contribution in [1.29, 1.82) is 0 Å². The fraction of sp³-hybridized carbons (Fsp3) is 0.517. The molecule has 2 aromatic carbocycles. The highest BCUT2D eigenvalue weighted by molar-refractivity contribution is 6.18. The molecule has 0 saturated carbocycles. The quantitative estimate of drug-likeness (QED) is 0.148. The van der Waals surface area contributed by atoms with Crippen molar-refractivity contribution in [2.75, 3.05) is 58.7 Å². The summed E-state index contributed by atoms with van der Waals surface area (Å²) in [7, 11) is 0. The number of terminal acetylenes is 1. The molecule has 0 aromatic heterocycles. The molecule has 0 N–H and O–H groups in total. The summed E-state index contributed by atoms with van der Waals surface area (Å²) in [5.41, 5.74) is 2.30. The van der Waals surface area contributed by atoms with E-state index >= 15 is 0 Å². The number of benzene rings is 2. The Kier molecular flexibility index (Phi) is 13.6. The first kappa shape index (κ1) is 29.0. The second-order valence-electron chi connectivity index (χ2n) is 8.90. The number of halogens is 1. The van der Waals surface area contributed by atoms with Gasteiger partial charge in [-0.05, 0) is 47.7 Å². The number of alkyl halides is 1. The first-order valence-electron chi connectivity index (χ1n) is 12.2. The van der Waals surface area contributed by atoms with Crippen LogP contribution in [0, 0.1) is 18.3 Å². The van der Waals surface area contributed by atoms with Crippen LogP contribution in [0.1, 0.15) is 38.3 Å². The van der Waals surface area contributed by atoms with Crippen molar-refractivity contribution in [3.8, 4) is 23.8 Å². The molecular weight excluding hydrogens is 464 g/mol. The smallest absolute Gasteiger partial charge is 0.119 e. The summed E-state index contributed by atoms with van der Waals surface area (Å²) in [6.07, 6.45) is 6.06. The Morgan fingerprint density at radius 2 is 1.20 bits per heavy atom. The SMILES string of the molecule is C#CCOCCOCCOCCOc1ccc(C(C)(C)c2ccc(OCC[C@@H](C)CCl)cc2)cc1. The van der Waals surface area contributed by atoms with E-state index in [4.69, 9.17) is 41.7 Å². The fourth-order valence-corrected chi connectivity index (χ4v) is 3.50. The van der Waals surface area contributed by atoms with Gasteiger partial charge >= 0.3 is 0 Å². The number of ether oxygens (including phenoxy) is 5. The molecule has 0 aliphatic rings. The van der Waals surface area contributed by atoms with Gasteiger partial charge in [-0.3, -0.25) is 0 Å². The zero-order valence-corrected chi connectivity index (χ0v) is 22.0. The van der Waals surface area contributed by atoms with Crippen molar-refractivity contribution < 1.29 is 23.7 Å². The second kappa shape index (κ2) is 16.4. The van der Waals surface area contributed by atoms with Gasteiger partial charge in [-0.25, -0.2) is 0 Å². The van der Waals surface area contributed by atoms with Crippen molar-refractivity contribution in [2.45, 2.75) is 32.6 Å². The van der Waals surface area contributed by atoms with Crippen molar-refractivity contribution in [3.05, 3.63) is 59.7 Å². The van der Waals surface area contributed by atoms with E-state index in [9.17, 15) is 0 Å². The average Bonchev–Trinajstić information content (AvgIpc) is 2.87. The van der Waals surface area contributed by atoms with E-state index in [1.54, 1.807) is 0 Å². The Labute approximate surface area is 216 Å². The van der Waals surface area contributed by atoms with Crippen molar-refractivity contribution in [2.24, 2.45) is 5.92 Å². The minimum atomic E-state index is -0.140. The van der Waals surface area contributed by atoms with E-state index in [0.29, 0.717) is 64.7 Å². The second-order valence-corrected chi connectivity index (χ2v) is 9.21. The highest BCUT2D eigenvalue weighted by atomic mass is 35.5. The monoisotopic (exact) mass is 502 g/mol. The van der Waals surface area contributed by atoms with Gasteiger partial charge in [0.2, 0.25) is 0 Å². The summed E-state index contributed by atoms with van der Waals surface area (Å²) in [5.74, 6) is 5.25. The molecule has 0 heterocycles. The topological polar surface area (TPSA) is 46.2 Å². The molecule has 0 spiro atoms. The summed E-state index contributed by atoms with van der Waals surface area (Å²) < 4.78 is 27.7. The van der Waals surface area contributed by atoms with Crippen molar-refractivity contribution in [1.82, 2.24) is 0 Å². The Balaban J connectivity index is 1.70. The molecule has 192 valence electrons. The maximum absolute atomic E-state index is 5.86. The first-order valence-corrected chi connectivity index (χ1v) is 12.7. The Bertz CT molecular complexity index is 858. The van der Waals surface area contributed by atoms with Crippen LogP contribution < -0.4 is 9.47 Å². The van der Waals surface area contributed by atoms with Gasteiger partial charge in [0.1, 0.15) is 24.7 Å². The maximum atomic E-state index is 5.86. The summed E-state index contributed by atoms with van der Waals surface area (Å²) in [4.78, 5) is 0. The lowest BCUT2D eigenvalue weighted by atomic mass is 9.78. The van der Waals surface area contributed by atoms with Crippen LogP contribution >= 0.6 is 11.6 Å². The van der Waals surface area contributed by atoms with E-state index in [0.717, 1.165) is 17.9 Å². The molecule has 0 aliphatic heterocycles. The lowest BCUT2D eigenvalue weighted by Crippen LogP contribution is -2.18. The fourth-order valence-electron chi connectivity index (χ4n) is 3.35. The first-order chi connectivity index (χ1) is 17.0. The molecule has 1 atom stereocenters. The number of hydrogen-bond donors (Lipinski definition) is 0. The number of rotatable bonds is 18. The Morgan fingerprint density at radius 1 is 0.743 bits per heavy atom. The minimum absolute atomic E-state index is 0.140. The summed E-state index contributed by atoms with van der Waals surface area (Å²) >= 11 is 5.86. The molecule has 0 aliphatic carbocycles. The molecular formula is C29H39ClO5. The van der Waals surface area contributed by atoms with E-state index in [1.807, 2.05) is 24.3 Å². The maximum Gasteiger partial charge on any atom is 0.119 e. The molecule has 0 radical (unpaired) electrons. The van der Waals surface area contributed by atoms with Gasteiger partial charge in [0.05, 0.1) is 39.6 Å². The molecule has 2 aromatic rings. The molecule has 6 heteroatoms. The third kappa shape index (κ3) is 10.9. The Morgan fingerprint density at radius 3 is 1.69 bits per heavy atom. The lowest BCUT2D eigenvalue weighted by molar-refractivity contribution is 0.0142. The zero-order chi connectivity index (χ0) is 25.4. The predicted molar refractivity (Wildman–Crippen MR) is 142 cm³/mol. The van der Waals surface area contributed by atoms with Crippen LogP contribution in [0.15, 0.2) is 48.5 Å². The third-order valence-corrected chi connectivity index (χ3v) is 6.25. The molecule has 0 fully saturated rings. The molecule has 5 nitrogen and oxygen atoms in total. The lowest BCUT2D eigenvalue weighted by Gasteiger charge is -2.26. The largest absolute Gasteiger partial charge is 0.494 e. The van der Waals surface area contributed by atoms with Crippen molar-refractivity contribution >= 4 is 11.6 Å². The molecule has 2 rings (SSSR count). The molecule has 0 saturated heterocycles. The summed E-state index contributed by atoms with van der Waals surface area (Å²) in [6.45, 7) is 10.6. The normalized spacial score (nSPS) is 12.2. The minimum Gasteiger partial charge on any atom is -0.494 e. The van der Waals surface area contributed by atoms with Gasteiger partial charge < -0.3 is 23.7 Å². The molecule has 0 amide bonds. The van der Waals surface area contributed by atoms with Crippen LogP contribution in [0.2, 0.25) is 0 Å². The predicted octanol–water partition coefficient (Wildman–Crippen LogP) is 5.72. The van der Waals surface area contributed by atoms with Gasteiger partial charge in [0.25, 0.3) is 0 Å². The van der Waals surface area contributed by atoms with Gasteiger partial charge in [-0.15, -0.1) is 18.0 Å². The number of hydrogen-bond acceptors (Lipinski definition) is 5. The van der Waals surface area contributed by atoms with E-state index in [1.165, 1.54) is 11.1 Å². The van der Waals surface area contributed by atoms with Crippen LogP contribution in [0.3, 0.4) is 0 Å². The van der Waals surface area contributed by atoms with E-state index in [2.05, 4.69) is 51.0 Å². The third-order valence-electron chi connectivity index (χ3n) is 5.72. The average molecular weight is 503 g/mol. The van der Waals surface area contributed by atoms with Crippen LogP contribution in [0.25, 0.3) is 0 Å². The van der Waals surface area contributed by atoms with Crippen LogP contribution in [-0.2, 0) is 19.6 Å². The van der Waals surface area contributed by atoms with Crippen LogP contribution in [-0.4, -0.2) is 58.7 Å². The standard InChI is InChI=1S/C29H39ClO5/c1-5-15-31-17-18-32-19-20-33-21-22-35-28-12-8-26(9-13-28)29(3,4)25-6-10-27(11-7-25)34-16-14-24(2)23-30/h1,6-13,24H,14-23H2,2-4H3/t24-/m1/s1. The zero-order valence-electron chi connectivity index (χ0n) is 21.3. The highest BCUT2D eigenvalue weighted by Gasteiger charge is 2.23. The van der Waals surface area contributed by atoms with E-state index in [-0.39, 0.29) is 5.41 Å². The summed E-state index contributed by atoms with van der Waals surface area (Å²) in [6, 6.07) is 16.6. The van der Waals surface area contributed by atoms with Crippen LogP contribution in [0.5, 0.6) is 11.5 Å².